The Bertz CT molecular complexity index is 362. The molecule has 1 rings (SSSR count). The number of hydrogen-bond acceptors (Lipinski definition) is 3. The van der Waals surface area contributed by atoms with E-state index in [4.69, 9.17) is 11.6 Å². The molecule has 0 spiro atoms. The first kappa shape index (κ1) is 10.8. The number of urea groups is 2. The van der Waals surface area contributed by atoms with Crippen LogP contribution in [0.5, 0.6) is 0 Å². The average molecular weight is 209 g/mol. The van der Waals surface area contributed by atoms with Gasteiger partial charge in [-0.2, -0.15) is 0 Å². The van der Waals surface area contributed by atoms with Gasteiger partial charge in [-0.25, -0.2) is 15.4 Å². The highest BCUT2D eigenvalue weighted by molar-refractivity contribution is 5.90. The molecule has 1 aromatic carbocycles. The van der Waals surface area contributed by atoms with Gasteiger partial charge in [-0.15, -0.1) is 0 Å². The van der Waals surface area contributed by atoms with Crippen molar-refractivity contribution in [2.45, 2.75) is 0 Å². The van der Waals surface area contributed by atoms with Gasteiger partial charge in [0.25, 0.3) is 0 Å². The van der Waals surface area contributed by atoms with Crippen LogP contribution in [-0.2, 0) is 0 Å². The van der Waals surface area contributed by atoms with E-state index in [-0.39, 0.29) is 0 Å². The third kappa shape index (κ3) is 3.53. The van der Waals surface area contributed by atoms with Crippen LogP contribution < -0.4 is 27.6 Å². The number of anilines is 2. The molecule has 0 radical (unpaired) electrons. The zero-order valence-electron chi connectivity index (χ0n) is 7.78. The maximum absolute atomic E-state index is 10.8. The Hall–Kier alpha value is -2.28. The summed E-state index contributed by atoms with van der Waals surface area (Å²) in [6.45, 7) is 0. The van der Waals surface area contributed by atoms with E-state index in [1.54, 1.807) is 24.3 Å². The van der Waals surface area contributed by atoms with Crippen molar-refractivity contribution in [3.8, 4) is 0 Å². The lowest BCUT2D eigenvalue weighted by atomic mass is 10.3. The summed E-state index contributed by atoms with van der Waals surface area (Å²) in [5.41, 5.74) is 7.93. The Labute approximate surface area is 85.8 Å². The Morgan fingerprint density at radius 1 is 1.00 bits per heavy atom. The van der Waals surface area contributed by atoms with Gasteiger partial charge in [-0.05, 0) is 24.3 Å². The van der Waals surface area contributed by atoms with Crippen molar-refractivity contribution in [2.75, 3.05) is 10.6 Å². The second-order valence-electron chi connectivity index (χ2n) is 2.67. The molecule has 7 nitrogen and oxygen atoms in total. The van der Waals surface area contributed by atoms with Gasteiger partial charge in [-0.3, -0.25) is 5.43 Å². The molecule has 1 aromatic rings. The van der Waals surface area contributed by atoms with Crippen LogP contribution in [-0.4, -0.2) is 12.1 Å². The molecule has 7 N–H and O–H groups in total. The van der Waals surface area contributed by atoms with Crippen molar-refractivity contribution in [2.24, 2.45) is 11.6 Å². The van der Waals surface area contributed by atoms with Gasteiger partial charge in [0.05, 0.1) is 0 Å². The molecular formula is C8H11N5O2. The monoisotopic (exact) mass is 209 g/mol. The van der Waals surface area contributed by atoms with Crippen LogP contribution >= 0.6 is 0 Å². The van der Waals surface area contributed by atoms with E-state index >= 15 is 0 Å². The van der Waals surface area contributed by atoms with E-state index in [0.29, 0.717) is 11.4 Å². The summed E-state index contributed by atoms with van der Waals surface area (Å²) in [6, 6.07) is 5.22. The van der Waals surface area contributed by atoms with Crippen LogP contribution in [0, 0.1) is 0 Å². The fourth-order valence-electron chi connectivity index (χ4n) is 0.946. The Balaban J connectivity index is 2.64. The molecule has 80 valence electrons. The molecule has 0 aromatic heterocycles. The fraction of sp³-hybridized carbons (Fsp3) is 0. The minimum Gasteiger partial charge on any atom is -0.351 e. The summed E-state index contributed by atoms with van der Waals surface area (Å²) in [6.07, 6.45) is 0. The van der Waals surface area contributed by atoms with Crippen LogP contribution in [0.4, 0.5) is 21.0 Å². The molecule has 4 amide bonds. The van der Waals surface area contributed by atoms with E-state index in [1.165, 1.54) is 0 Å². The predicted octanol–water partition coefficient (Wildman–Crippen LogP) is 0.172. The number of hydrazine groups is 1. The SMILES string of the molecule is NNC(=O)Nc1ccc(NC(N)=O)cc1. The standard InChI is InChI=1S/C8H11N5O2/c9-7(14)11-5-1-3-6(4-2-5)12-8(15)13-10/h1-4H,10H2,(H3,9,11,14)(H2,12,13,15). The fourth-order valence-corrected chi connectivity index (χ4v) is 0.946. The molecule has 0 bridgehead atoms. The van der Waals surface area contributed by atoms with Crippen molar-refractivity contribution >= 4 is 23.4 Å². The summed E-state index contributed by atoms with van der Waals surface area (Å²) in [7, 11) is 0. The second-order valence-corrected chi connectivity index (χ2v) is 2.67. The van der Waals surface area contributed by atoms with E-state index in [1.807, 2.05) is 5.43 Å². The molecule has 15 heavy (non-hydrogen) atoms. The van der Waals surface area contributed by atoms with Crippen molar-refractivity contribution in [1.29, 1.82) is 0 Å². The first-order valence-corrected chi connectivity index (χ1v) is 4.06. The van der Waals surface area contributed by atoms with Crippen LogP contribution in [0.2, 0.25) is 0 Å². The Morgan fingerprint density at radius 2 is 1.47 bits per heavy atom. The van der Waals surface area contributed by atoms with Gasteiger partial charge in [0.1, 0.15) is 0 Å². The number of nitrogens with one attached hydrogen (secondary N) is 3. The lowest BCUT2D eigenvalue weighted by Gasteiger charge is -2.05. The molecule has 0 unspecified atom stereocenters. The molecule has 0 aliphatic rings. The smallest absolute Gasteiger partial charge is 0.333 e. The zero-order valence-corrected chi connectivity index (χ0v) is 7.78. The topological polar surface area (TPSA) is 122 Å². The number of carbonyl (C=O) groups excluding carboxylic acids is 2. The number of amides is 4. The van der Waals surface area contributed by atoms with Gasteiger partial charge in [0.15, 0.2) is 0 Å². The molecule has 0 atom stereocenters. The summed E-state index contributed by atoms with van der Waals surface area (Å²) in [5, 5.41) is 4.84. The van der Waals surface area contributed by atoms with Crippen LogP contribution in [0.25, 0.3) is 0 Å². The van der Waals surface area contributed by atoms with Crippen molar-refractivity contribution in [1.82, 2.24) is 5.43 Å². The van der Waals surface area contributed by atoms with Gasteiger partial charge in [0.2, 0.25) is 0 Å². The maximum atomic E-state index is 10.8. The van der Waals surface area contributed by atoms with Crippen LogP contribution in [0.3, 0.4) is 0 Å². The highest BCUT2D eigenvalue weighted by Crippen LogP contribution is 2.12. The second kappa shape index (κ2) is 4.82. The molecule has 0 fully saturated rings. The summed E-state index contributed by atoms with van der Waals surface area (Å²) >= 11 is 0. The van der Waals surface area contributed by atoms with Crippen molar-refractivity contribution in [3.63, 3.8) is 0 Å². The number of nitrogens with two attached hydrogens (primary N) is 2. The first-order valence-electron chi connectivity index (χ1n) is 4.06. The molecule has 0 saturated heterocycles. The third-order valence-corrected chi connectivity index (χ3v) is 1.54. The summed E-state index contributed by atoms with van der Waals surface area (Å²) in [4.78, 5) is 21.3. The number of carbonyl (C=O) groups is 2. The normalized spacial score (nSPS) is 9.13. The van der Waals surface area contributed by atoms with Crippen molar-refractivity contribution < 1.29 is 9.59 Å². The average Bonchev–Trinajstić information content (AvgIpc) is 2.20. The number of rotatable bonds is 2. The zero-order chi connectivity index (χ0) is 11.3. The van der Waals surface area contributed by atoms with Gasteiger partial charge in [0, 0.05) is 11.4 Å². The number of benzene rings is 1. The Morgan fingerprint density at radius 3 is 1.87 bits per heavy atom. The maximum Gasteiger partial charge on any atom is 0.333 e. The molecule has 0 aliphatic carbocycles. The van der Waals surface area contributed by atoms with E-state index in [9.17, 15) is 9.59 Å². The lowest BCUT2D eigenvalue weighted by Crippen LogP contribution is -2.34. The van der Waals surface area contributed by atoms with E-state index < -0.39 is 12.1 Å². The van der Waals surface area contributed by atoms with Crippen LogP contribution in [0.1, 0.15) is 0 Å². The van der Waals surface area contributed by atoms with E-state index in [0.717, 1.165) is 0 Å². The number of primary amides is 1. The van der Waals surface area contributed by atoms with Gasteiger partial charge in [-0.1, -0.05) is 0 Å². The minimum atomic E-state index is -0.643. The van der Waals surface area contributed by atoms with Crippen molar-refractivity contribution in [3.05, 3.63) is 24.3 Å². The van der Waals surface area contributed by atoms with E-state index in [2.05, 4.69) is 10.6 Å². The van der Waals surface area contributed by atoms with Crippen LogP contribution in [0.15, 0.2) is 24.3 Å². The highest BCUT2D eigenvalue weighted by atomic mass is 16.2. The quantitative estimate of drug-likeness (QED) is 0.271. The largest absolute Gasteiger partial charge is 0.351 e. The first-order chi connectivity index (χ1) is 7.11. The van der Waals surface area contributed by atoms with Gasteiger partial charge >= 0.3 is 12.1 Å². The Kier molecular flexibility index (Phi) is 3.47. The third-order valence-electron chi connectivity index (χ3n) is 1.54. The molecule has 7 heteroatoms. The number of hydrogen-bond donors (Lipinski definition) is 5. The lowest BCUT2D eigenvalue weighted by molar-refractivity contribution is 0.252. The molecule has 0 aliphatic heterocycles. The molecule has 0 heterocycles. The predicted molar refractivity (Wildman–Crippen MR) is 56.0 cm³/mol. The molecular weight excluding hydrogens is 198 g/mol. The minimum absolute atomic E-state index is 0.523. The van der Waals surface area contributed by atoms with Gasteiger partial charge < -0.3 is 16.4 Å². The summed E-state index contributed by atoms with van der Waals surface area (Å²) in [5.74, 6) is 4.88. The molecule has 0 saturated carbocycles. The summed E-state index contributed by atoms with van der Waals surface area (Å²) < 4.78 is 0. The highest BCUT2D eigenvalue weighted by Gasteiger charge is 1.99.